The third-order valence-electron chi connectivity index (χ3n) is 5.86. The Balaban J connectivity index is 0.000000631. The van der Waals surface area contributed by atoms with Crippen LogP contribution in [0.25, 0.3) is 22.7 Å². The standard InChI is InChI=1S/C24H30N2.C6H12.C2H6/c1-5-11-20-17-26(14-6-2)23-16-25-22(15-21(20)23)24-18(7-3)12-9-10-13-19(24)8-4;1-3-5-6-4-2;1-2/h6,9-10,12,14-17H,5,7-8,11,13H2,1-4H3;3,5H,4,6H2,1-2H3;1-2H3/b14-6+;5-3-;. The lowest BCUT2D eigenvalue weighted by molar-refractivity contribution is 0.925. The summed E-state index contributed by atoms with van der Waals surface area (Å²) in [6.07, 6.45) is 27.4. The molecule has 0 radical (unpaired) electrons. The second-order valence-electron chi connectivity index (χ2n) is 8.25. The van der Waals surface area contributed by atoms with Crippen molar-refractivity contribution in [2.45, 2.75) is 100 Å². The fourth-order valence-corrected chi connectivity index (χ4v) is 4.21. The van der Waals surface area contributed by atoms with Crippen LogP contribution in [0.3, 0.4) is 0 Å². The van der Waals surface area contributed by atoms with Crippen LogP contribution in [0.15, 0.2) is 66.1 Å². The van der Waals surface area contributed by atoms with E-state index in [4.69, 9.17) is 4.98 Å². The Labute approximate surface area is 209 Å². The summed E-state index contributed by atoms with van der Waals surface area (Å²) in [5.41, 5.74) is 7.99. The number of allylic oxidation sites excluding steroid dienone is 9. The summed E-state index contributed by atoms with van der Waals surface area (Å²) in [5, 5.41) is 1.34. The molecule has 0 spiro atoms. The Kier molecular flexibility index (Phi) is 14.6. The van der Waals surface area contributed by atoms with Crippen molar-refractivity contribution in [3.8, 4) is 0 Å². The first-order valence-electron chi connectivity index (χ1n) is 13.5. The van der Waals surface area contributed by atoms with Crippen molar-refractivity contribution in [1.82, 2.24) is 9.55 Å². The SMILES string of the molecule is C/C=C/n1cc(CCC)c2cc(C3=C(CC)CC=CC=C3CC)ncc21.C/C=C\CCC.CC. The van der Waals surface area contributed by atoms with E-state index < -0.39 is 0 Å². The molecule has 1 aliphatic carbocycles. The van der Waals surface area contributed by atoms with Crippen LogP contribution in [-0.2, 0) is 6.42 Å². The van der Waals surface area contributed by atoms with Crippen LogP contribution in [0.1, 0.15) is 105 Å². The number of aryl methyl sites for hydroxylation is 1. The van der Waals surface area contributed by atoms with Gasteiger partial charge in [-0.2, -0.15) is 0 Å². The molecule has 0 bridgehead atoms. The third-order valence-corrected chi connectivity index (χ3v) is 5.86. The van der Waals surface area contributed by atoms with Gasteiger partial charge in [0.25, 0.3) is 0 Å². The van der Waals surface area contributed by atoms with Crippen molar-refractivity contribution in [3.63, 3.8) is 0 Å². The number of aromatic nitrogens is 2. The first-order valence-corrected chi connectivity index (χ1v) is 13.5. The highest BCUT2D eigenvalue weighted by Crippen LogP contribution is 2.35. The molecule has 1 aliphatic rings. The van der Waals surface area contributed by atoms with Gasteiger partial charge in [-0.25, -0.2) is 0 Å². The van der Waals surface area contributed by atoms with E-state index in [1.54, 1.807) is 0 Å². The normalized spacial score (nSPS) is 13.6. The molecule has 0 aromatic carbocycles. The number of rotatable bonds is 8. The average Bonchev–Trinajstić information content (AvgIpc) is 3.07. The van der Waals surface area contributed by atoms with E-state index in [1.165, 1.54) is 46.0 Å². The number of unbranched alkanes of at least 4 members (excludes halogenated alkanes) is 1. The van der Waals surface area contributed by atoms with Gasteiger partial charge in [-0.05, 0) is 63.2 Å². The Morgan fingerprint density at radius 1 is 1.00 bits per heavy atom. The fourth-order valence-electron chi connectivity index (χ4n) is 4.21. The highest BCUT2D eigenvalue weighted by atomic mass is 14.9. The van der Waals surface area contributed by atoms with Crippen LogP contribution < -0.4 is 0 Å². The molecular weight excluding hydrogens is 412 g/mol. The van der Waals surface area contributed by atoms with E-state index in [0.29, 0.717) is 0 Å². The van der Waals surface area contributed by atoms with Crippen LogP contribution in [0.4, 0.5) is 0 Å². The second-order valence-corrected chi connectivity index (χ2v) is 8.25. The zero-order chi connectivity index (χ0) is 25.3. The highest BCUT2D eigenvalue weighted by Gasteiger charge is 2.16. The minimum absolute atomic E-state index is 1.02. The van der Waals surface area contributed by atoms with Gasteiger partial charge in [0.1, 0.15) is 0 Å². The maximum absolute atomic E-state index is 4.90. The molecule has 2 heterocycles. The van der Waals surface area contributed by atoms with Crippen LogP contribution >= 0.6 is 0 Å². The number of nitrogens with zero attached hydrogens (tertiary/aromatic N) is 2. The van der Waals surface area contributed by atoms with E-state index in [2.05, 4.69) is 107 Å². The zero-order valence-electron chi connectivity index (χ0n) is 23.1. The number of hydrogen-bond donors (Lipinski definition) is 0. The van der Waals surface area contributed by atoms with Gasteiger partial charge in [0, 0.05) is 23.4 Å². The average molecular weight is 461 g/mol. The Morgan fingerprint density at radius 2 is 1.76 bits per heavy atom. The molecule has 0 N–H and O–H groups in total. The molecule has 0 saturated heterocycles. The van der Waals surface area contributed by atoms with Crippen LogP contribution in [0.2, 0.25) is 0 Å². The first kappa shape index (κ1) is 29.4. The van der Waals surface area contributed by atoms with Gasteiger partial charge < -0.3 is 4.57 Å². The number of pyridine rings is 1. The molecule has 0 amide bonds. The lowest BCUT2D eigenvalue weighted by Crippen LogP contribution is -1.98. The molecule has 0 atom stereocenters. The van der Waals surface area contributed by atoms with Gasteiger partial charge in [-0.3, -0.25) is 4.98 Å². The molecule has 0 aliphatic heterocycles. The maximum atomic E-state index is 4.90. The summed E-state index contributed by atoms with van der Waals surface area (Å²) in [6, 6.07) is 2.32. The molecular formula is C32H48N2. The third kappa shape index (κ3) is 8.01. The van der Waals surface area contributed by atoms with E-state index in [1.807, 2.05) is 13.8 Å². The molecule has 0 saturated carbocycles. The van der Waals surface area contributed by atoms with Crippen molar-refractivity contribution >= 4 is 22.7 Å². The zero-order valence-corrected chi connectivity index (χ0v) is 23.1. The quantitative estimate of drug-likeness (QED) is 0.358. The molecule has 0 unspecified atom stereocenters. The predicted molar refractivity (Wildman–Crippen MR) is 155 cm³/mol. The lowest BCUT2D eigenvalue weighted by atomic mass is 9.92. The highest BCUT2D eigenvalue weighted by molar-refractivity contribution is 5.90. The van der Waals surface area contributed by atoms with Gasteiger partial charge in [0.2, 0.25) is 0 Å². The number of hydrogen-bond acceptors (Lipinski definition) is 1. The molecule has 2 nitrogen and oxygen atoms in total. The van der Waals surface area contributed by atoms with Gasteiger partial charge in [0.05, 0.1) is 17.4 Å². The number of fused-ring (bicyclic) bond motifs is 1. The molecule has 2 heteroatoms. The second kappa shape index (κ2) is 16.9. The van der Waals surface area contributed by atoms with Crippen molar-refractivity contribution < 1.29 is 0 Å². The summed E-state index contributed by atoms with van der Waals surface area (Å²) in [6.45, 7) is 17.0. The molecule has 2 aromatic heterocycles. The van der Waals surface area contributed by atoms with E-state index in [9.17, 15) is 0 Å². The van der Waals surface area contributed by atoms with Gasteiger partial charge in [-0.15, -0.1) is 0 Å². The Morgan fingerprint density at radius 3 is 2.32 bits per heavy atom. The van der Waals surface area contributed by atoms with Crippen molar-refractivity contribution in [2.24, 2.45) is 0 Å². The predicted octanol–water partition coefficient (Wildman–Crippen LogP) is 10.3. The van der Waals surface area contributed by atoms with Crippen LogP contribution in [0.5, 0.6) is 0 Å². The van der Waals surface area contributed by atoms with E-state index in [0.717, 1.165) is 37.8 Å². The summed E-state index contributed by atoms with van der Waals surface area (Å²) in [4.78, 5) is 4.90. The molecule has 0 fully saturated rings. The van der Waals surface area contributed by atoms with Crippen molar-refractivity contribution in [3.05, 3.63) is 77.3 Å². The van der Waals surface area contributed by atoms with E-state index in [-0.39, 0.29) is 0 Å². The molecule has 2 aromatic rings. The van der Waals surface area contributed by atoms with Gasteiger partial charge >= 0.3 is 0 Å². The van der Waals surface area contributed by atoms with Crippen molar-refractivity contribution in [1.29, 1.82) is 0 Å². The Bertz CT molecular complexity index is 1010. The first-order chi connectivity index (χ1) is 16.6. The fraction of sp³-hybridized carbons (Fsp3) is 0.469. The lowest BCUT2D eigenvalue weighted by Gasteiger charge is -2.15. The maximum Gasteiger partial charge on any atom is 0.0712 e. The van der Waals surface area contributed by atoms with Gasteiger partial charge in [-0.1, -0.05) is 96.4 Å². The Hall–Kier alpha value is -2.61. The topological polar surface area (TPSA) is 17.8 Å². The minimum Gasteiger partial charge on any atom is -0.322 e. The van der Waals surface area contributed by atoms with Gasteiger partial charge in [0.15, 0.2) is 0 Å². The monoisotopic (exact) mass is 460 g/mol. The van der Waals surface area contributed by atoms with Crippen LogP contribution in [-0.4, -0.2) is 9.55 Å². The molecule has 34 heavy (non-hydrogen) atoms. The summed E-state index contributed by atoms with van der Waals surface area (Å²) < 4.78 is 2.21. The minimum atomic E-state index is 1.02. The largest absolute Gasteiger partial charge is 0.322 e. The summed E-state index contributed by atoms with van der Waals surface area (Å²) in [5.74, 6) is 0. The summed E-state index contributed by atoms with van der Waals surface area (Å²) in [7, 11) is 0. The smallest absolute Gasteiger partial charge is 0.0712 e. The summed E-state index contributed by atoms with van der Waals surface area (Å²) >= 11 is 0. The van der Waals surface area contributed by atoms with Crippen LogP contribution in [0, 0.1) is 0 Å². The molecule has 186 valence electrons. The van der Waals surface area contributed by atoms with E-state index >= 15 is 0 Å². The van der Waals surface area contributed by atoms with Crippen molar-refractivity contribution in [2.75, 3.05) is 0 Å². The molecule has 3 rings (SSSR count).